The fourth-order valence-corrected chi connectivity index (χ4v) is 10.5. The zero-order valence-electron chi connectivity index (χ0n) is 26.0. The van der Waals surface area contributed by atoms with Gasteiger partial charge in [0.1, 0.15) is 0 Å². The van der Waals surface area contributed by atoms with Gasteiger partial charge in [0.25, 0.3) is 0 Å². The summed E-state index contributed by atoms with van der Waals surface area (Å²) >= 11 is 9.00. The maximum Gasteiger partial charge on any atom is 0.175 e. The van der Waals surface area contributed by atoms with Crippen LogP contribution in [0.4, 0.5) is 0 Å². The minimum absolute atomic E-state index is 0.168. The number of Topliss-reactive ketones (excluding diaryl/α,β-unsaturated/α-hetero) is 1. The van der Waals surface area contributed by atoms with Crippen LogP contribution < -0.4 is 0 Å². The van der Waals surface area contributed by atoms with Crippen LogP contribution in [0.15, 0.2) is 65.4 Å². The van der Waals surface area contributed by atoms with Crippen molar-refractivity contribution in [3.05, 3.63) is 80.7 Å². The zero-order valence-corrected chi connectivity index (χ0v) is 30.1. The maximum atomic E-state index is 13.7. The Hall–Kier alpha value is -2.09. The van der Waals surface area contributed by atoms with E-state index in [2.05, 4.69) is 91.4 Å². The van der Waals surface area contributed by atoms with E-state index in [4.69, 9.17) is 0 Å². The van der Waals surface area contributed by atoms with Crippen molar-refractivity contribution in [3.63, 3.8) is 0 Å². The van der Waals surface area contributed by atoms with Gasteiger partial charge in [-0.1, -0.05) is 96.3 Å². The van der Waals surface area contributed by atoms with Gasteiger partial charge in [0, 0.05) is 35.2 Å². The van der Waals surface area contributed by atoms with Crippen molar-refractivity contribution in [2.45, 2.75) is 90.9 Å². The van der Waals surface area contributed by atoms with E-state index in [0.29, 0.717) is 5.78 Å². The number of hydrogen-bond donors (Lipinski definition) is 0. The summed E-state index contributed by atoms with van der Waals surface area (Å²) in [4.78, 5) is 23.7. The summed E-state index contributed by atoms with van der Waals surface area (Å²) in [6, 6.07) is 19.7. The average molecular weight is 677 g/mol. The molecular formula is C38H44OS5. The lowest BCUT2D eigenvalue weighted by molar-refractivity contribution is 0.0906. The average Bonchev–Trinajstić information content (AvgIpc) is 3.87. The van der Waals surface area contributed by atoms with Crippen LogP contribution in [-0.2, 0) is 0 Å². The number of carbonyl (C=O) groups is 1. The fourth-order valence-electron chi connectivity index (χ4n) is 5.62. The van der Waals surface area contributed by atoms with Crippen molar-refractivity contribution in [2.75, 3.05) is 0 Å². The number of hydrogen-bond acceptors (Lipinski definition) is 6. The summed E-state index contributed by atoms with van der Waals surface area (Å²) in [5.74, 6) is 0.539. The summed E-state index contributed by atoms with van der Waals surface area (Å²) in [7, 11) is 0. The Morgan fingerprint density at radius 3 is 1.95 bits per heavy atom. The molecule has 5 heterocycles. The van der Waals surface area contributed by atoms with Crippen LogP contribution in [0.3, 0.4) is 0 Å². The first-order chi connectivity index (χ1) is 21.7. The molecule has 0 bridgehead atoms. The smallest absolute Gasteiger partial charge is 0.175 e. The first kappa shape index (κ1) is 33.3. The van der Waals surface area contributed by atoms with Crippen molar-refractivity contribution in [3.8, 4) is 29.3 Å². The van der Waals surface area contributed by atoms with Gasteiger partial charge in [-0.2, -0.15) is 0 Å². The Labute approximate surface area is 284 Å². The van der Waals surface area contributed by atoms with Gasteiger partial charge in [-0.25, -0.2) is 0 Å². The minimum atomic E-state index is 0.168. The lowest BCUT2D eigenvalue weighted by Gasteiger charge is -2.15. The molecular weight excluding hydrogens is 633 g/mol. The van der Waals surface area contributed by atoms with Gasteiger partial charge in [0.15, 0.2) is 5.78 Å². The first-order valence-corrected chi connectivity index (χ1v) is 20.5. The van der Waals surface area contributed by atoms with Gasteiger partial charge in [-0.05, 0) is 77.7 Å². The van der Waals surface area contributed by atoms with Crippen molar-refractivity contribution >= 4 is 74.6 Å². The lowest BCUT2D eigenvalue weighted by Crippen LogP contribution is -2.14. The molecule has 0 aliphatic heterocycles. The molecule has 1 nitrogen and oxygen atoms in total. The van der Waals surface area contributed by atoms with E-state index in [0.717, 1.165) is 22.6 Å². The van der Waals surface area contributed by atoms with Crippen LogP contribution in [-0.4, -0.2) is 5.78 Å². The predicted molar refractivity (Wildman–Crippen MR) is 202 cm³/mol. The second kappa shape index (κ2) is 17.6. The highest BCUT2D eigenvalue weighted by molar-refractivity contribution is 7.28. The highest BCUT2D eigenvalue weighted by Crippen LogP contribution is 2.45. The molecule has 5 aromatic heterocycles. The van der Waals surface area contributed by atoms with Crippen LogP contribution in [0.1, 0.15) is 111 Å². The molecule has 1 unspecified atom stereocenters. The Morgan fingerprint density at radius 2 is 1.27 bits per heavy atom. The summed E-state index contributed by atoms with van der Waals surface area (Å²) in [5, 5.41) is 4.30. The van der Waals surface area contributed by atoms with E-state index in [1.807, 2.05) is 22.7 Å². The molecule has 0 saturated heterocycles. The number of thiophene rings is 5. The third-order valence-electron chi connectivity index (χ3n) is 8.10. The standard InChI is InChI=1S/C38H44OS5/c1-3-5-7-9-10-12-16-28(15-11-8-6-4-2)37(39)34-22-21-30(42-34)20-19-29-27-36(32-18-14-26-41-32)44-38(29)35-24-23-33(43-35)31-17-13-25-40-31/h13-14,17-28H,3-12,15-16H2,1-2H3/b20-19+. The minimum Gasteiger partial charge on any atom is -0.293 e. The normalized spacial score (nSPS) is 12.4. The molecule has 0 fully saturated rings. The van der Waals surface area contributed by atoms with E-state index in [1.165, 1.54) is 99.0 Å². The highest BCUT2D eigenvalue weighted by Gasteiger charge is 2.21. The third kappa shape index (κ3) is 9.23. The van der Waals surface area contributed by atoms with E-state index in [-0.39, 0.29) is 5.92 Å². The Morgan fingerprint density at radius 1 is 0.636 bits per heavy atom. The van der Waals surface area contributed by atoms with Crippen LogP contribution in [0, 0.1) is 5.92 Å². The largest absolute Gasteiger partial charge is 0.293 e. The quantitative estimate of drug-likeness (QED) is 0.0628. The van der Waals surface area contributed by atoms with Gasteiger partial charge < -0.3 is 0 Å². The van der Waals surface area contributed by atoms with E-state index in [9.17, 15) is 4.79 Å². The van der Waals surface area contributed by atoms with Gasteiger partial charge in [-0.3, -0.25) is 4.79 Å². The maximum absolute atomic E-state index is 13.7. The SMILES string of the molecule is CCCCCCCCC(CCCCCC)C(=O)c1ccc(/C=C/c2cc(-c3cccs3)sc2-c2ccc(-c3cccs3)s2)s1. The van der Waals surface area contributed by atoms with Crippen molar-refractivity contribution in [2.24, 2.45) is 5.92 Å². The molecule has 0 amide bonds. The summed E-state index contributed by atoms with van der Waals surface area (Å²) in [6.07, 6.45) is 19.1. The molecule has 0 saturated carbocycles. The molecule has 0 aliphatic rings. The van der Waals surface area contributed by atoms with E-state index in [1.54, 1.807) is 34.0 Å². The van der Waals surface area contributed by atoms with Crippen LogP contribution >= 0.6 is 56.7 Å². The zero-order chi connectivity index (χ0) is 30.6. The van der Waals surface area contributed by atoms with Crippen LogP contribution in [0.2, 0.25) is 0 Å². The summed E-state index contributed by atoms with van der Waals surface area (Å²) in [5.41, 5.74) is 1.25. The highest BCUT2D eigenvalue weighted by atomic mass is 32.1. The Balaban J connectivity index is 1.31. The molecule has 5 aromatic rings. The van der Waals surface area contributed by atoms with Gasteiger partial charge in [0.05, 0.1) is 9.75 Å². The van der Waals surface area contributed by atoms with E-state index < -0.39 is 0 Å². The fraction of sp³-hybridized carbons (Fsp3) is 0.395. The molecule has 1 atom stereocenters. The number of ketones is 1. The van der Waals surface area contributed by atoms with Crippen LogP contribution in [0.5, 0.6) is 0 Å². The summed E-state index contributed by atoms with van der Waals surface area (Å²) < 4.78 is 0. The van der Waals surface area contributed by atoms with Gasteiger partial charge in [-0.15, -0.1) is 56.7 Å². The number of unbranched alkanes of at least 4 members (excludes halogenated alkanes) is 8. The molecule has 0 aromatic carbocycles. The van der Waals surface area contributed by atoms with Gasteiger partial charge in [0.2, 0.25) is 0 Å². The first-order valence-electron chi connectivity index (χ1n) is 16.3. The van der Waals surface area contributed by atoms with E-state index >= 15 is 0 Å². The monoisotopic (exact) mass is 676 g/mol. The van der Waals surface area contributed by atoms with Crippen LogP contribution in [0.25, 0.3) is 41.4 Å². The number of carbonyl (C=O) groups excluding carboxylic acids is 1. The van der Waals surface area contributed by atoms with Crippen molar-refractivity contribution < 1.29 is 4.79 Å². The van der Waals surface area contributed by atoms with Gasteiger partial charge >= 0.3 is 0 Å². The van der Waals surface area contributed by atoms with Crippen molar-refractivity contribution in [1.29, 1.82) is 0 Å². The molecule has 6 heteroatoms. The summed E-state index contributed by atoms with van der Waals surface area (Å²) in [6.45, 7) is 4.52. The molecule has 0 spiro atoms. The lowest BCUT2D eigenvalue weighted by atomic mass is 9.90. The molecule has 5 rings (SSSR count). The topological polar surface area (TPSA) is 17.1 Å². The third-order valence-corrected chi connectivity index (χ3v) is 13.7. The second-order valence-corrected chi connectivity index (χ2v) is 16.7. The molecule has 0 radical (unpaired) electrons. The van der Waals surface area contributed by atoms with Crippen molar-refractivity contribution in [1.82, 2.24) is 0 Å². The molecule has 0 aliphatic carbocycles. The predicted octanol–water partition coefficient (Wildman–Crippen LogP) is 14.7. The molecule has 0 N–H and O–H groups in total. The Bertz CT molecular complexity index is 1560. The second-order valence-electron chi connectivity index (χ2n) is 11.5. The Kier molecular flexibility index (Phi) is 13.3. The molecule has 232 valence electrons. The molecule has 44 heavy (non-hydrogen) atoms. The number of rotatable bonds is 19.